The van der Waals surface area contributed by atoms with Crippen molar-refractivity contribution >= 4 is 39.2 Å². The van der Waals surface area contributed by atoms with Gasteiger partial charge >= 0.3 is 5.97 Å². The number of esters is 1. The van der Waals surface area contributed by atoms with E-state index in [0.717, 1.165) is 47.3 Å². The number of fused-ring (bicyclic) bond motifs is 2. The molecule has 0 saturated heterocycles. The van der Waals surface area contributed by atoms with E-state index in [1.165, 1.54) is 17.6 Å². The molecule has 9 heteroatoms. The standard InChI is InChI=1S/C30H29NO7S/c1-4-35-30(34)27-21-7-5-6-8-25(21)39-29(27)31-26(32)16-36-19-11-12-20-23(14-19)37-15-24(28(20)33)38-22-13-17(2)9-10-18(22)3/h9-15H,4-8,16H2,1-3H3,(H,31,32). The van der Waals surface area contributed by atoms with E-state index in [1.54, 1.807) is 25.1 Å². The SMILES string of the molecule is CCOC(=O)c1c(NC(=O)COc2ccc3c(=O)c(Oc4cc(C)ccc4C)coc3c2)sc2c1CCCC2. The van der Waals surface area contributed by atoms with Crippen molar-refractivity contribution in [2.45, 2.75) is 46.5 Å². The fourth-order valence-corrected chi connectivity index (χ4v) is 5.87. The van der Waals surface area contributed by atoms with Crippen LogP contribution in [-0.4, -0.2) is 25.1 Å². The average Bonchev–Trinajstić information content (AvgIpc) is 3.29. The Morgan fingerprint density at radius 3 is 2.69 bits per heavy atom. The van der Waals surface area contributed by atoms with Crippen molar-refractivity contribution in [3.05, 3.63) is 80.0 Å². The number of rotatable bonds is 8. The van der Waals surface area contributed by atoms with Crippen LogP contribution in [0.25, 0.3) is 11.0 Å². The Bertz CT molecular complexity index is 1620. The van der Waals surface area contributed by atoms with Gasteiger partial charge in [-0.2, -0.15) is 0 Å². The van der Waals surface area contributed by atoms with E-state index in [2.05, 4.69) is 5.32 Å². The first-order valence-corrected chi connectivity index (χ1v) is 13.7. The van der Waals surface area contributed by atoms with Gasteiger partial charge in [-0.15, -0.1) is 11.3 Å². The van der Waals surface area contributed by atoms with Crippen LogP contribution in [0.2, 0.25) is 0 Å². The van der Waals surface area contributed by atoms with Gasteiger partial charge in [0.2, 0.25) is 11.2 Å². The smallest absolute Gasteiger partial charge is 0.341 e. The minimum absolute atomic E-state index is 0.0836. The molecule has 2 aromatic carbocycles. The lowest BCUT2D eigenvalue weighted by Gasteiger charge is -2.12. The van der Waals surface area contributed by atoms with Crippen LogP contribution in [0.15, 0.2) is 51.9 Å². The molecule has 1 N–H and O–H groups in total. The number of anilines is 1. The summed E-state index contributed by atoms with van der Waals surface area (Å²) in [5.74, 6) is 0.210. The molecule has 5 rings (SSSR count). The van der Waals surface area contributed by atoms with E-state index in [9.17, 15) is 14.4 Å². The molecule has 0 fully saturated rings. The minimum Gasteiger partial charge on any atom is -0.484 e. The minimum atomic E-state index is -0.418. The van der Waals surface area contributed by atoms with E-state index >= 15 is 0 Å². The van der Waals surface area contributed by atoms with Gasteiger partial charge in [-0.05, 0) is 81.3 Å². The Balaban J connectivity index is 1.29. The summed E-state index contributed by atoms with van der Waals surface area (Å²) in [7, 11) is 0. The molecule has 0 radical (unpaired) electrons. The Morgan fingerprint density at radius 2 is 1.87 bits per heavy atom. The molecule has 1 amide bonds. The zero-order valence-electron chi connectivity index (χ0n) is 22.1. The van der Waals surface area contributed by atoms with Crippen LogP contribution in [0.5, 0.6) is 17.2 Å². The fourth-order valence-electron chi connectivity index (χ4n) is 4.57. The molecular weight excluding hydrogens is 518 g/mol. The predicted octanol–water partition coefficient (Wildman–Crippen LogP) is 6.34. The first-order chi connectivity index (χ1) is 18.8. The average molecular weight is 548 g/mol. The highest BCUT2D eigenvalue weighted by molar-refractivity contribution is 7.17. The summed E-state index contributed by atoms with van der Waals surface area (Å²) in [5.41, 5.74) is 3.35. The predicted molar refractivity (Wildman–Crippen MR) is 150 cm³/mol. The molecule has 0 bridgehead atoms. The largest absolute Gasteiger partial charge is 0.484 e. The van der Waals surface area contributed by atoms with Crippen LogP contribution in [0.1, 0.15) is 51.7 Å². The molecule has 2 aromatic heterocycles. The lowest BCUT2D eigenvalue weighted by Crippen LogP contribution is -2.21. The second kappa shape index (κ2) is 11.3. The highest BCUT2D eigenvalue weighted by Crippen LogP contribution is 2.38. The fraction of sp³-hybridized carbons (Fsp3) is 0.300. The molecule has 39 heavy (non-hydrogen) atoms. The third-order valence-electron chi connectivity index (χ3n) is 6.55. The third kappa shape index (κ3) is 5.68. The van der Waals surface area contributed by atoms with E-state index in [4.69, 9.17) is 18.6 Å². The number of benzene rings is 2. The normalized spacial score (nSPS) is 12.6. The quantitative estimate of drug-likeness (QED) is 0.257. The summed E-state index contributed by atoms with van der Waals surface area (Å²) in [5, 5.41) is 3.65. The van der Waals surface area contributed by atoms with E-state index in [1.807, 2.05) is 32.0 Å². The van der Waals surface area contributed by atoms with Gasteiger partial charge < -0.3 is 23.9 Å². The van der Waals surface area contributed by atoms with E-state index in [-0.39, 0.29) is 24.4 Å². The molecule has 1 aliphatic carbocycles. The molecule has 0 aliphatic heterocycles. The van der Waals surface area contributed by atoms with E-state index < -0.39 is 11.9 Å². The molecule has 8 nitrogen and oxygen atoms in total. The number of aryl methyl sites for hydroxylation is 3. The van der Waals surface area contributed by atoms with Crippen LogP contribution in [0.3, 0.4) is 0 Å². The lowest BCUT2D eigenvalue weighted by molar-refractivity contribution is -0.118. The van der Waals surface area contributed by atoms with Crippen molar-refractivity contribution < 1.29 is 28.2 Å². The van der Waals surface area contributed by atoms with Gasteiger partial charge in [-0.3, -0.25) is 9.59 Å². The summed E-state index contributed by atoms with van der Waals surface area (Å²) in [6.45, 7) is 5.59. The van der Waals surface area contributed by atoms with Gasteiger partial charge in [0.25, 0.3) is 5.91 Å². The summed E-state index contributed by atoms with van der Waals surface area (Å²) in [4.78, 5) is 39.5. The number of nitrogens with one attached hydrogen (secondary N) is 1. The molecule has 0 saturated carbocycles. The number of amides is 1. The van der Waals surface area contributed by atoms with Crippen LogP contribution in [0.4, 0.5) is 5.00 Å². The summed E-state index contributed by atoms with van der Waals surface area (Å²) < 4.78 is 22.4. The van der Waals surface area contributed by atoms with E-state index in [0.29, 0.717) is 33.0 Å². The maximum absolute atomic E-state index is 13.0. The topological polar surface area (TPSA) is 104 Å². The zero-order valence-corrected chi connectivity index (χ0v) is 22.9. The van der Waals surface area contributed by atoms with Gasteiger partial charge in [0.15, 0.2) is 6.61 Å². The van der Waals surface area contributed by atoms with Gasteiger partial charge in [-0.25, -0.2) is 4.79 Å². The van der Waals surface area contributed by atoms with Gasteiger partial charge in [0.1, 0.15) is 28.3 Å². The summed E-state index contributed by atoms with van der Waals surface area (Å²) in [6, 6.07) is 10.5. The molecule has 0 atom stereocenters. The molecular formula is C30H29NO7S. The highest BCUT2D eigenvalue weighted by Gasteiger charge is 2.27. The monoisotopic (exact) mass is 547 g/mol. The van der Waals surface area contributed by atoms with Crippen LogP contribution < -0.4 is 20.2 Å². The van der Waals surface area contributed by atoms with Gasteiger partial charge in [0, 0.05) is 10.9 Å². The first kappa shape index (κ1) is 26.5. The number of hydrogen-bond donors (Lipinski definition) is 1. The van der Waals surface area contributed by atoms with Gasteiger partial charge in [0.05, 0.1) is 17.6 Å². The highest BCUT2D eigenvalue weighted by atomic mass is 32.1. The van der Waals surface area contributed by atoms with Crippen LogP contribution in [-0.2, 0) is 22.4 Å². The van der Waals surface area contributed by atoms with Gasteiger partial charge in [-0.1, -0.05) is 12.1 Å². The molecule has 4 aromatic rings. The number of carbonyl (C=O) groups is 2. The Hall–Kier alpha value is -4.11. The number of hydrogen-bond acceptors (Lipinski definition) is 8. The lowest BCUT2D eigenvalue weighted by atomic mass is 9.95. The first-order valence-electron chi connectivity index (χ1n) is 12.9. The Morgan fingerprint density at radius 1 is 1.05 bits per heavy atom. The second-order valence-corrected chi connectivity index (χ2v) is 10.5. The molecule has 2 heterocycles. The molecule has 1 aliphatic rings. The molecule has 0 unspecified atom stereocenters. The maximum Gasteiger partial charge on any atom is 0.341 e. The van der Waals surface area contributed by atoms with Crippen molar-refractivity contribution in [3.8, 4) is 17.2 Å². The van der Waals surface area contributed by atoms with Crippen molar-refractivity contribution in [2.75, 3.05) is 18.5 Å². The summed E-state index contributed by atoms with van der Waals surface area (Å²) in [6.07, 6.45) is 5.02. The van der Waals surface area contributed by atoms with Crippen LogP contribution in [0, 0.1) is 13.8 Å². The van der Waals surface area contributed by atoms with Crippen molar-refractivity contribution in [2.24, 2.45) is 0 Å². The molecule has 0 spiro atoms. The van der Waals surface area contributed by atoms with Crippen molar-refractivity contribution in [3.63, 3.8) is 0 Å². The zero-order chi connectivity index (χ0) is 27.5. The Kier molecular flexibility index (Phi) is 7.70. The summed E-state index contributed by atoms with van der Waals surface area (Å²) >= 11 is 1.42. The number of thiophene rings is 1. The molecule has 202 valence electrons. The second-order valence-electron chi connectivity index (χ2n) is 9.43. The Labute approximate surface area is 229 Å². The van der Waals surface area contributed by atoms with Crippen LogP contribution >= 0.6 is 11.3 Å². The number of carbonyl (C=O) groups excluding carboxylic acids is 2. The van der Waals surface area contributed by atoms with Crippen molar-refractivity contribution in [1.29, 1.82) is 0 Å². The number of ether oxygens (including phenoxy) is 3. The maximum atomic E-state index is 13.0. The van der Waals surface area contributed by atoms with Crippen molar-refractivity contribution in [1.82, 2.24) is 0 Å². The third-order valence-corrected chi connectivity index (χ3v) is 7.76.